The number of hydrogen-bond acceptors (Lipinski definition) is 5. The maximum atomic E-state index is 12.3. The number of rotatable bonds is 7. The second-order valence-corrected chi connectivity index (χ2v) is 6.44. The summed E-state index contributed by atoms with van der Waals surface area (Å²) in [6.45, 7) is 5.74. The summed E-state index contributed by atoms with van der Waals surface area (Å²) in [7, 11) is 0. The maximum Gasteiger partial charge on any atom is 0.262 e. The third-order valence-corrected chi connectivity index (χ3v) is 4.20. The van der Waals surface area contributed by atoms with E-state index in [1.165, 1.54) is 6.92 Å². The van der Waals surface area contributed by atoms with Crippen molar-refractivity contribution >= 4 is 17.4 Å². The summed E-state index contributed by atoms with van der Waals surface area (Å²) in [5, 5.41) is 2.82. The van der Waals surface area contributed by atoms with Crippen molar-refractivity contribution in [1.82, 2.24) is 0 Å². The van der Waals surface area contributed by atoms with Gasteiger partial charge in [-0.05, 0) is 51.1 Å². The highest BCUT2D eigenvalue weighted by molar-refractivity contribution is 5.94. The molecule has 1 aliphatic heterocycles. The number of fused-ring (bicyclic) bond motifs is 1. The number of amides is 1. The third-order valence-electron chi connectivity index (χ3n) is 4.20. The second kappa shape index (κ2) is 8.12. The largest absolute Gasteiger partial charge is 0.492 e. The van der Waals surface area contributed by atoms with Gasteiger partial charge in [0.2, 0.25) is 0 Å². The minimum absolute atomic E-state index is 0.0177. The van der Waals surface area contributed by atoms with Gasteiger partial charge in [0.05, 0.1) is 12.3 Å². The predicted molar refractivity (Wildman–Crippen MR) is 102 cm³/mol. The Morgan fingerprint density at radius 3 is 2.59 bits per heavy atom. The van der Waals surface area contributed by atoms with Gasteiger partial charge in [-0.1, -0.05) is 0 Å². The van der Waals surface area contributed by atoms with Crippen LogP contribution in [0.15, 0.2) is 36.4 Å². The number of carbonyl (C=O) groups is 2. The van der Waals surface area contributed by atoms with E-state index < -0.39 is 0 Å². The number of benzene rings is 2. The van der Waals surface area contributed by atoms with Gasteiger partial charge < -0.3 is 19.5 Å². The van der Waals surface area contributed by atoms with Gasteiger partial charge >= 0.3 is 0 Å². The summed E-state index contributed by atoms with van der Waals surface area (Å²) in [6, 6.07) is 10.4. The lowest BCUT2D eigenvalue weighted by Gasteiger charge is -2.14. The lowest BCUT2D eigenvalue weighted by atomic mass is 10.1. The number of nitrogens with one attached hydrogen (secondary N) is 1. The summed E-state index contributed by atoms with van der Waals surface area (Å²) < 4.78 is 16.9. The normalized spacial score (nSPS) is 14.9. The van der Waals surface area contributed by atoms with Crippen LogP contribution in [0, 0.1) is 0 Å². The summed E-state index contributed by atoms with van der Waals surface area (Å²) in [5.74, 6) is 1.58. The summed E-state index contributed by atoms with van der Waals surface area (Å²) in [4.78, 5) is 23.6. The molecular weight excluding hydrogens is 346 g/mol. The van der Waals surface area contributed by atoms with E-state index in [9.17, 15) is 9.59 Å². The smallest absolute Gasteiger partial charge is 0.262 e. The van der Waals surface area contributed by atoms with Gasteiger partial charge in [0.15, 0.2) is 12.4 Å². The van der Waals surface area contributed by atoms with Gasteiger partial charge in [-0.25, -0.2) is 0 Å². The zero-order chi connectivity index (χ0) is 19.4. The number of hydrogen-bond donors (Lipinski definition) is 1. The molecule has 0 aliphatic carbocycles. The third kappa shape index (κ3) is 4.58. The maximum absolute atomic E-state index is 12.3. The molecule has 0 saturated heterocycles. The molecule has 6 nitrogen and oxygen atoms in total. The van der Waals surface area contributed by atoms with Crippen molar-refractivity contribution in [3.8, 4) is 17.2 Å². The van der Waals surface area contributed by atoms with Crippen LogP contribution >= 0.6 is 0 Å². The van der Waals surface area contributed by atoms with Crippen LogP contribution in [0.2, 0.25) is 0 Å². The van der Waals surface area contributed by atoms with Crippen molar-refractivity contribution in [2.45, 2.75) is 33.3 Å². The molecule has 0 bridgehead atoms. The summed E-state index contributed by atoms with van der Waals surface area (Å²) in [5.41, 5.74) is 2.23. The molecule has 0 unspecified atom stereocenters. The standard InChI is InChI=1S/C21H23NO5/c1-4-25-20-10-16-9-13(2)27-19(16)11-18(20)22-21(24)12-26-17-7-5-15(6-8-17)14(3)23/h5-8,10-11,13H,4,9,12H2,1-3H3,(H,22,24)/t13-/m1/s1. The highest BCUT2D eigenvalue weighted by Crippen LogP contribution is 2.38. The van der Waals surface area contributed by atoms with Crippen molar-refractivity contribution in [2.75, 3.05) is 18.5 Å². The molecule has 6 heteroatoms. The van der Waals surface area contributed by atoms with Gasteiger partial charge in [-0.3, -0.25) is 9.59 Å². The van der Waals surface area contributed by atoms with E-state index in [-0.39, 0.29) is 24.4 Å². The van der Waals surface area contributed by atoms with Crippen LogP contribution in [0.3, 0.4) is 0 Å². The minimum Gasteiger partial charge on any atom is -0.492 e. The van der Waals surface area contributed by atoms with E-state index >= 15 is 0 Å². The fourth-order valence-corrected chi connectivity index (χ4v) is 2.93. The molecule has 0 spiro atoms. The van der Waals surface area contributed by atoms with E-state index in [0.29, 0.717) is 29.4 Å². The second-order valence-electron chi connectivity index (χ2n) is 6.44. The van der Waals surface area contributed by atoms with Crippen molar-refractivity contribution in [3.05, 3.63) is 47.5 Å². The Labute approximate surface area is 158 Å². The van der Waals surface area contributed by atoms with Crippen molar-refractivity contribution in [3.63, 3.8) is 0 Å². The van der Waals surface area contributed by atoms with Crippen LogP contribution in [-0.2, 0) is 11.2 Å². The van der Waals surface area contributed by atoms with E-state index in [1.54, 1.807) is 30.3 Å². The lowest BCUT2D eigenvalue weighted by molar-refractivity contribution is -0.118. The molecule has 1 N–H and O–H groups in total. The first kappa shape index (κ1) is 18.8. The van der Waals surface area contributed by atoms with E-state index in [2.05, 4.69) is 5.32 Å². The molecule has 0 aromatic heterocycles. The first-order valence-corrected chi connectivity index (χ1v) is 8.96. The minimum atomic E-state index is -0.308. The molecule has 0 saturated carbocycles. The highest BCUT2D eigenvalue weighted by Gasteiger charge is 2.22. The fourth-order valence-electron chi connectivity index (χ4n) is 2.93. The SMILES string of the molecule is CCOc1cc2c(cc1NC(=O)COc1ccc(C(C)=O)cc1)O[C@H](C)C2. The van der Waals surface area contributed by atoms with Crippen LogP contribution in [0.5, 0.6) is 17.2 Å². The average molecular weight is 369 g/mol. The fraction of sp³-hybridized carbons (Fsp3) is 0.333. The molecule has 1 atom stereocenters. The number of ketones is 1. The van der Waals surface area contributed by atoms with Crippen LogP contribution in [-0.4, -0.2) is 31.0 Å². The molecule has 0 fully saturated rings. The van der Waals surface area contributed by atoms with Gasteiger partial charge in [0.1, 0.15) is 23.4 Å². The summed E-state index contributed by atoms with van der Waals surface area (Å²) in [6.07, 6.45) is 0.935. The monoisotopic (exact) mass is 369 g/mol. The van der Waals surface area contributed by atoms with Gasteiger partial charge in [0.25, 0.3) is 5.91 Å². The first-order chi connectivity index (χ1) is 13.0. The van der Waals surface area contributed by atoms with E-state index in [4.69, 9.17) is 14.2 Å². The van der Waals surface area contributed by atoms with Gasteiger partial charge in [0, 0.05) is 23.6 Å². The molecule has 27 heavy (non-hydrogen) atoms. The Balaban J connectivity index is 1.65. The molecule has 2 aromatic rings. The average Bonchev–Trinajstić information content (AvgIpc) is 2.99. The topological polar surface area (TPSA) is 73.9 Å². The Bertz CT molecular complexity index is 844. The molecule has 1 amide bonds. The van der Waals surface area contributed by atoms with Crippen molar-refractivity contribution < 1.29 is 23.8 Å². The van der Waals surface area contributed by atoms with Crippen LogP contribution in [0.25, 0.3) is 0 Å². The highest BCUT2D eigenvalue weighted by atomic mass is 16.5. The molecule has 0 radical (unpaired) electrons. The zero-order valence-electron chi connectivity index (χ0n) is 15.7. The Kier molecular flexibility index (Phi) is 5.64. The number of ether oxygens (including phenoxy) is 3. The number of anilines is 1. The number of Topliss-reactive ketones (excluding diaryl/α,β-unsaturated/α-hetero) is 1. The first-order valence-electron chi connectivity index (χ1n) is 8.96. The molecule has 1 aliphatic rings. The lowest BCUT2D eigenvalue weighted by Crippen LogP contribution is -2.20. The Morgan fingerprint density at radius 1 is 1.19 bits per heavy atom. The zero-order valence-corrected chi connectivity index (χ0v) is 15.7. The summed E-state index contributed by atoms with van der Waals surface area (Å²) >= 11 is 0. The van der Waals surface area contributed by atoms with Gasteiger partial charge in [-0.15, -0.1) is 0 Å². The molecule has 3 rings (SSSR count). The Morgan fingerprint density at radius 2 is 1.93 bits per heavy atom. The van der Waals surface area contributed by atoms with Crippen LogP contribution < -0.4 is 19.5 Å². The quantitative estimate of drug-likeness (QED) is 0.755. The molecule has 1 heterocycles. The van der Waals surface area contributed by atoms with Crippen LogP contribution in [0.4, 0.5) is 5.69 Å². The van der Waals surface area contributed by atoms with Crippen LogP contribution in [0.1, 0.15) is 36.7 Å². The van der Waals surface area contributed by atoms with Crippen molar-refractivity contribution in [1.29, 1.82) is 0 Å². The molecular formula is C21H23NO5. The van der Waals surface area contributed by atoms with E-state index in [0.717, 1.165) is 17.7 Å². The number of carbonyl (C=O) groups excluding carboxylic acids is 2. The predicted octanol–water partition coefficient (Wildman–Crippen LogP) is 3.63. The van der Waals surface area contributed by atoms with E-state index in [1.807, 2.05) is 19.9 Å². The molecule has 2 aromatic carbocycles. The van der Waals surface area contributed by atoms with Crippen molar-refractivity contribution in [2.24, 2.45) is 0 Å². The Hall–Kier alpha value is -3.02. The van der Waals surface area contributed by atoms with Gasteiger partial charge in [-0.2, -0.15) is 0 Å². The molecule has 142 valence electrons.